The van der Waals surface area contributed by atoms with Crippen molar-refractivity contribution in [2.75, 3.05) is 5.73 Å². The Bertz CT molecular complexity index is 612. The van der Waals surface area contributed by atoms with Gasteiger partial charge in [-0.15, -0.1) is 0 Å². The van der Waals surface area contributed by atoms with E-state index >= 15 is 0 Å². The third-order valence-corrected chi connectivity index (χ3v) is 3.69. The monoisotopic (exact) mass is 267 g/mol. The lowest BCUT2D eigenvalue weighted by Gasteiger charge is -2.09. The first-order valence-electron chi connectivity index (χ1n) is 6.96. The molecule has 0 aliphatic rings. The van der Waals surface area contributed by atoms with Crippen LogP contribution in [0.25, 0.3) is 0 Å². The van der Waals surface area contributed by atoms with Gasteiger partial charge in [-0.1, -0.05) is 50.2 Å². The van der Waals surface area contributed by atoms with E-state index in [2.05, 4.69) is 26.0 Å². The summed E-state index contributed by atoms with van der Waals surface area (Å²) in [5, 5.41) is 0. The minimum absolute atomic E-state index is 0.118. The molecule has 0 atom stereocenters. The third kappa shape index (κ3) is 3.08. The van der Waals surface area contributed by atoms with Gasteiger partial charge in [0.05, 0.1) is 0 Å². The Morgan fingerprint density at radius 3 is 2.35 bits per heavy atom. The Balaban J connectivity index is 2.17. The molecule has 2 nitrogen and oxygen atoms in total. The van der Waals surface area contributed by atoms with Gasteiger partial charge in [0.25, 0.3) is 0 Å². The summed E-state index contributed by atoms with van der Waals surface area (Å²) in [7, 11) is 0. The average molecular weight is 267 g/mol. The fraction of sp³-hybridized carbons (Fsp3) is 0.278. The third-order valence-electron chi connectivity index (χ3n) is 3.69. The molecule has 2 rings (SSSR count). The number of Topliss-reactive ketones (excluding diaryl/α,β-unsaturated/α-hetero) is 1. The number of nitrogen functional groups attached to an aromatic ring is 1. The van der Waals surface area contributed by atoms with Crippen LogP contribution in [0.3, 0.4) is 0 Å². The second kappa shape index (κ2) is 5.91. The van der Waals surface area contributed by atoms with Crippen LogP contribution in [0, 0.1) is 6.92 Å². The van der Waals surface area contributed by atoms with Crippen molar-refractivity contribution in [1.82, 2.24) is 0 Å². The number of anilines is 1. The molecule has 0 bridgehead atoms. The number of hydrogen-bond acceptors (Lipinski definition) is 2. The minimum Gasteiger partial charge on any atom is -0.398 e. The maximum Gasteiger partial charge on any atom is 0.167 e. The molecular weight excluding hydrogens is 246 g/mol. The number of nitrogens with two attached hydrogens (primary N) is 1. The van der Waals surface area contributed by atoms with Gasteiger partial charge >= 0.3 is 0 Å². The molecule has 2 heteroatoms. The van der Waals surface area contributed by atoms with Crippen LogP contribution in [0.2, 0.25) is 0 Å². The largest absolute Gasteiger partial charge is 0.398 e. The Hall–Kier alpha value is -2.09. The van der Waals surface area contributed by atoms with Crippen LogP contribution in [-0.2, 0) is 6.42 Å². The molecule has 2 aromatic carbocycles. The molecule has 0 fully saturated rings. The molecule has 0 aliphatic heterocycles. The molecule has 0 saturated heterocycles. The molecule has 0 amide bonds. The van der Waals surface area contributed by atoms with Gasteiger partial charge in [0.15, 0.2) is 5.78 Å². The lowest BCUT2D eigenvalue weighted by molar-refractivity contribution is 0.0992. The van der Waals surface area contributed by atoms with E-state index in [1.165, 1.54) is 5.56 Å². The first-order valence-corrected chi connectivity index (χ1v) is 6.96. The van der Waals surface area contributed by atoms with Crippen molar-refractivity contribution in [3.05, 3.63) is 64.7 Å². The average Bonchev–Trinajstić information content (AvgIpc) is 2.42. The maximum atomic E-state index is 12.4. The highest BCUT2D eigenvalue weighted by Gasteiger charge is 2.11. The number of rotatable bonds is 4. The van der Waals surface area contributed by atoms with Crippen LogP contribution in [0.5, 0.6) is 0 Å². The van der Waals surface area contributed by atoms with Crippen LogP contribution >= 0.6 is 0 Å². The molecule has 0 radical (unpaired) electrons. The fourth-order valence-corrected chi connectivity index (χ4v) is 2.26. The molecule has 0 saturated carbocycles. The van der Waals surface area contributed by atoms with Crippen molar-refractivity contribution in [3.8, 4) is 0 Å². The normalized spacial score (nSPS) is 10.8. The number of hydrogen-bond donors (Lipinski definition) is 1. The molecular formula is C18H21NO. The predicted molar refractivity (Wildman–Crippen MR) is 84.2 cm³/mol. The number of ketones is 1. The van der Waals surface area contributed by atoms with Gasteiger partial charge in [-0.3, -0.25) is 4.79 Å². The van der Waals surface area contributed by atoms with E-state index in [0.29, 0.717) is 18.0 Å². The highest BCUT2D eigenvalue weighted by Crippen LogP contribution is 2.19. The van der Waals surface area contributed by atoms with Gasteiger partial charge in [-0.25, -0.2) is 0 Å². The standard InChI is InChI=1S/C18H21NO/c1-12(2)15-9-7-14(8-10-15)11-18(20)16-5-4-6-17(19)13(16)3/h4-10,12H,11,19H2,1-3H3. The molecule has 20 heavy (non-hydrogen) atoms. The zero-order chi connectivity index (χ0) is 14.7. The van der Waals surface area contributed by atoms with Crippen LogP contribution in [0.4, 0.5) is 5.69 Å². The molecule has 2 aromatic rings. The summed E-state index contributed by atoms with van der Waals surface area (Å²) in [5.74, 6) is 0.628. The molecule has 0 heterocycles. The Kier molecular flexibility index (Phi) is 4.23. The van der Waals surface area contributed by atoms with Crippen molar-refractivity contribution in [3.63, 3.8) is 0 Å². The second-order valence-electron chi connectivity index (χ2n) is 5.52. The molecule has 0 aliphatic carbocycles. The SMILES string of the molecule is Cc1c(N)cccc1C(=O)Cc1ccc(C(C)C)cc1. The van der Waals surface area contributed by atoms with Crippen LogP contribution < -0.4 is 5.73 Å². The minimum atomic E-state index is 0.118. The lowest BCUT2D eigenvalue weighted by atomic mass is 9.96. The van der Waals surface area contributed by atoms with E-state index in [1.54, 1.807) is 0 Å². The van der Waals surface area contributed by atoms with Crippen molar-refractivity contribution in [2.24, 2.45) is 0 Å². The molecule has 2 N–H and O–H groups in total. The van der Waals surface area contributed by atoms with Gasteiger partial charge in [0.2, 0.25) is 0 Å². The van der Waals surface area contributed by atoms with E-state index in [4.69, 9.17) is 5.73 Å². The van der Waals surface area contributed by atoms with Gasteiger partial charge in [-0.05, 0) is 35.6 Å². The number of carbonyl (C=O) groups excluding carboxylic acids is 1. The topological polar surface area (TPSA) is 43.1 Å². The van der Waals surface area contributed by atoms with Crippen molar-refractivity contribution in [2.45, 2.75) is 33.1 Å². The highest BCUT2D eigenvalue weighted by atomic mass is 16.1. The van der Waals surface area contributed by atoms with Crippen LogP contribution in [-0.4, -0.2) is 5.78 Å². The Morgan fingerprint density at radius 2 is 1.75 bits per heavy atom. The molecule has 0 unspecified atom stereocenters. The summed E-state index contributed by atoms with van der Waals surface area (Å²) in [6, 6.07) is 13.8. The van der Waals surface area contributed by atoms with Gasteiger partial charge in [-0.2, -0.15) is 0 Å². The van der Waals surface area contributed by atoms with Crippen LogP contribution in [0.15, 0.2) is 42.5 Å². The molecule has 0 aromatic heterocycles. The summed E-state index contributed by atoms with van der Waals surface area (Å²) >= 11 is 0. The van der Waals surface area contributed by atoms with Gasteiger partial charge in [0.1, 0.15) is 0 Å². The summed E-state index contributed by atoms with van der Waals surface area (Å²) in [6.07, 6.45) is 0.419. The van der Waals surface area contributed by atoms with Gasteiger partial charge < -0.3 is 5.73 Å². The second-order valence-corrected chi connectivity index (χ2v) is 5.52. The first kappa shape index (κ1) is 14.3. The van der Waals surface area contributed by atoms with Crippen molar-refractivity contribution in [1.29, 1.82) is 0 Å². The lowest BCUT2D eigenvalue weighted by Crippen LogP contribution is -2.07. The van der Waals surface area contributed by atoms with Gasteiger partial charge in [0, 0.05) is 17.7 Å². The van der Waals surface area contributed by atoms with Crippen molar-refractivity contribution >= 4 is 11.5 Å². The van der Waals surface area contributed by atoms with Crippen LogP contribution in [0.1, 0.15) is 46.8 Å². The summed E-state index contributed by atoms with van der Waals surface area (Å²) in [6.45, 7) is 6.22. The summed E-state index contributed by atoms with van der Waals surface area (Å²) in [5.41, 5.74) is 10.5. The van der Waals surface area contributed by atoms with E-state index in [-0.39, 0.29) is 5.78 Å². The van der Waals surface area contributed by atoms with Crippen molar-refractivity contribution < 1.29 is 4.79 Å². The Labute approximate surface area is 120 Å². The maximum absolute atomic E-state index is 12.4. The van der Waals surface area contributed by atoms with E-state index in [0.717, 1.165) is 16.7 Å². The van der Waals surface area contributed by atoms with E-state index in [9.17, 15) is 4.79 Å². The highest BCUT2D eigenvalue weighted by molar-refractivity contribution is 5.99. The molecule has 0 spiro atoms. The molecule has 104 valence electrons. The number of benzene rings is 2. The smallest absolute Gasteiger partial charge is 0.167 e. The zero-order valence-corrected chi connectivity index (χ0v) is 12.3. The Morgan fingerprint density at radius 1 is 1.10 bits per heavy atom. The first-order chi connectivity index (χ1) is 9.49. The predicted octanol–water partition coefficient (Wildman–Crippen LogP) is 4.13. The van der Waals surface area contributed by atoms with E-state index < -0.39 is 0 Å². The number of carbonyl (C=O) groups is 1. The van der Waals surface area contributed by atoms with E-state index in [1.807, 2.05) is 37.3 Å². The summed E-state index contributed by atoms with van der Waals surface area (Å²) < 4.78 is 0. The zero-order valence-electron chi connectivity index (χ0n) is 12.3. The summed E-state index contributed by atoms with van der Waals surface area (Å²) in [4.78, 5) is 12.4. The fourth-order valence-electron chi connectivity index (χ4n) is 2.26. The quantitative estimate of drug-likeness (QED) is 0.668.